The molecule has 0 saturated carbocycles. The van der Waals surface area contributed by atoms with E-state index < -0.39 is 49.5 Å². The van der Waals surface area contributed by atoms with Crippen LogP contribution in [0, 0.1) is 0 Å². The second kappa shape index (κ2) is 41.6. The lowest BCUT2D eigenvalue weighted by molar-refractivity contribution is -0.302. The molecule has 9 nitrogen and oxygen atoms in total. The highest BCUT2D eigenvalue weighted by atomic mass is 16.7. The minimum atomic E-state index is -1.56. The molecule has 0 aromatic rings. The van der Waals surface area contributed by atoms with Gasteiger partial charge in [0, 0.05) is 6.42 Å². The third-order valence-corrected chi connectivity index (χ3v) is 11.3. The zero-order chi connectivity index (χ0) is 44.4. The number of carbonyl (C=O) groups excluding carboxylic acids is 1. The second-order valence-corrected chi connectivity index (χ2v) is 16.9. The van der Waals surface area contributed by atoms with Crippen molar-refractivity contribution in [3.05, 3.63) is 72.9 Å². The maximum absolute atomic E-state index is 12.9. The number of unbranched alkanes of at least 4 members (excludes halogenated alkanes) is 20. The molecule has 1 aliphatic rings. The van der Waals surface area contributed by atoms with Gasteiger partial charge >= 0.3 is 0 Å². The average molecular weight is 858 g/mol. The predicted molar refractivity (Wildman–Crippen MR) is 253 cm³/mol. The predicted octanol–water partition coefficient (Wildman–Crippen LogP) is 10.9. The number of ether oxygens (including phenoxy) is 2. The zero-order valence-corrected chi connectivity index (χ0v) is 38.6. The van der Waals surface area contributed by atoms with Crippen LogP contribution in [0.3, 0.4) is 0 Å². The number of rotatable bonds is 40. The van der Waals surface area contributed by atoms with Crippen LogP contribution in [0.2, 0.25) is 0 Å². The Kier molecular flexibility index (Phi) is 38.7. The van der Waals surface area contributed by atoms with Crippen LogP contribution in [0.4, 0.5) is 0 Å². The van der Waals surface area contributed by atoms with E-state index in [0.29, 0.717) is 6.42 Å². The number of allylic oxidation sites excluding steroid dienone is 11. The quantitative estimate of drug-likeness (QED) is 0.0264. The summed E-state index contributed by atoms with van der Waals surface area (Å²) in [6.45, 7) is 3.53. The van der Waals surface area contributed by atoms with E-state index in [2.05, 4.69) is 79.9 Å². The second-order valence-electron chi connectivity index (χ2n) is 16.9. The molecular weight excluding hydrogens is 767 g/mol. The van der Waals surface area contributed by atoms with Crippen LogP contribution >= 0.6 is 0 Å². The molecule has 0 radical (unpaired) electrons. The first kappa shape index (κ1) is 56.6. The van der Waals surface area contributed by atoms with Crippen LogP contribution in [-0.2, 0) is 14.3 Å². The lowest BCUT2D eigenvalue weighted by atomic mass is 9.99. The summed E-state index contributed by atoms with van der Waals surface area (Å²) in [7, 11) is 0. The van der Waals surface area contributed by atoms with Gasteiger partial charge in [-0.1, -0.05) is 196 Å². The van der Waals surface area contributed by atoms with Gasteiger partial charge in [-0.15, -0.1) is 0 Å². The van der Waals surface area contributed by atoms with Crippen LogP contribution < -0.4 is 5.32 Å². The Balaban J connectivity index is 2.04. The third kappa shape index (κ3) is 32.0. The fourth-order valence-electron chi connectivity index (χ4n) is 7.36. The van der Waals surface area contributed by atoms with Crippen molar-refractivity contribution in [1.82, 2.24) is 5.32 Å². The molecule has 9 heteroatoms. The normalized spacial score (nSPS) is 21.1. The number of carbonyl (C=O) groups is 1. The molecule has 6 N–H and O–H groups in total. The highest BCUT2D eigenvalue weighted by Crippen LogP contribution is 2.22. The van der Waals surface area contributed by atoms with E-state index >= 15 is 0 Å². The minimum Gasteiger partial charge on any atom is -0.394 e. The van der Waals surface area contributed by atoms with Crippen molar-refractivity contribution in [2.45, 2.75) is 236 Å². The van der Waals surface area contributed by atoms with E-state index in [1.54, 1.807) is 6.08 Å². The maximum Gasteiger partial charge on any atom is 0.220 e. The van der Waals surface area contributed by atoms with Crippen LogP contribution in [0.1, 0.15) is 194 Å². The van der Waals surface area contributed by atoms with E-state index in [-0.39, 0.29) is 12.5 Å². The van der Waals surface area contributed by atoms with Crippen molar-refractivity contribution in [2.24, 2.45) is 0 Å². The molecule has 1 aliphatic heterocycles. The topological polar surface area (TPSA) is 149 Å². The molecule has 61 heavy (non-hydrogen) atoms. The van der Waals surface area contributed by atoms with Crippen molar-refractivity contribution in [3.8, 4) is 0 Å². The molecular formula is C52H91NO8. The van der Waals surface area contributed by atoms with Gasteiger partial charge in [0.1, 0.15) is 24.4 Å². The van der Waals surface area contributed by atoms with Crippen LogP contribution in [0.25, 0.3) is 0 Å². The van der Waals surface area contributed by atoms with Gasteiger partial charge in [0.25, 0.3) is 0 Å². The highest BCUT2D eigenvalue weighted by molar-refractivity contribution is 5.76. The molecule has 1 rings (SSSR count). The molecule has 0 aromatic heterocycles. The minimum absolute atomic E-state index is 0.186. The first-order valence-corrected chi connectivity index (χ1v) is 24.7. The van der Waals surface area contributed by atoms with Crippen LogP contribution in [0.15, 0.2) is 72.9 Å². The molecule has 1 amide bonds. The summed E-state index contributed by atoms with van der Waals surface area (Å²) in [6.07, 6.45) is 50.3. The Morgan fingerprint density at radius 1 is 0.574 bits per heavy atom. The van der Waals surface area contributed by atoms with Gasteiger partial charge in [-0.2, -0.15) is 0 Å². The smallest absolute Gasteiger partial charge is 0.220 e. The fraction of sp³-hybridized carbons (Fsp3) is 0.750. The van der Waals surface area contributed by atoms with Gasteiger partial charge in [-0.3, -0.25) is 4.79 Å². The number of hydrogen-bond donors (Lipinski definition) is 6. The standard InChI is InChI=1S/C52H91NO8/c1-3-5-7-9-10-11-12-13-14-15-16-17-18-19-20-21-22-23-24-25-26-27-28-29-30-31-32-33-34-35-36-38-40-42-48(56)53-45(46(55)41-39-37-8-6-4-2)44-60-52-51(59)50(58)49(57)47(43-54)61-52/h5,7,10-11,13-14,16-17,19-20,39,41,45-47,49-52,54-55,57-59H,3-4,6,8-9,12,15,18,21-38,40,42-44H2,1-2H3,(H,53,56)/b7-5-,11-10-,14-13-,17-16-,20-19-,41-39+. The highest BCUT2D eigenvalue weighted by Gasteiger charge is 2.44. The van der Waals surface area contributed by atoms with Gasteiger partial charge in [0.15, 0.2) is 6.29 Å². The van der Waals surface area contributed by atoms with E-state index in [4.69, 9.17) is 9.47 Å². The van der Waals surface area contributed by atoms with E-state index in [9.17, 15) is 30.3 Å². The van der Waals surface area contributed by atoms with Gasteiger partial charge in [-0.05, 0) is 64.2 Å². The monoisotopic (exact) mass is 858 g/mol. The number of aliphatic hydroxyl groups excluding tert-OH is 5. The zero-order valence-electron chi connectivity index (χ0n) is 38.6. The Hall–Kier alpha value is -2.37. The number of aliphatic hydroxyl groups is 5. The molecule has 7 unspecified atom stereocenters. The first-order valence-electron chi connectivity index (χ1n) is 24.7. The van der Waals surface area contributed by atoms with Crippen molar-refractivity contribution < 1.29 is 39.8 Å². The summed E-state index contributed by atoms with van der Waals surface area (Å²) in [5.74, 6) is -0.186. The van der Waals surface area contributed by atoms with Gasteiger partial charge in [-0.25, -0.2) is 0 Å². The summed E-state index contributed by atoms with van der Waals surface area (Å²) in [6, 6.07) is -0.802. The van der Waals surface area contributed by atoms with Gasteiger partial charge < -0.3 is 40.3 Å². The van der Waals surface area contributed by atoms with E-state index in [0.717, 1.165) is 77.0 Å². The largest absolute Gasteiger partial charge is 0.394 e. The molecule has 352 valence electrons. The maximum atomic E-state index is 12.9. The molecule has 0 spiro atoms. The van der Waals surface area contributed by atoms with E-state index in [1.165, 1.54) is 96.3 Å². The van der Waals surface area contributed by atoms with Crippen molar-refractivity contribution in [3.63, 3.8) is 0 Å². The number of nitrogens with one attached hydrogen (secondary N) is 1. The Labute approximate surface area is 372 Å². The summed E-state index contributed by atoms with van der Waals surface area (Å²) < 4.78 is 11.1. The lowest BCUT2D eigenvalue weighted by Crippen LogP contribution is -2.60. The van der Waals surface area contributed by atoms with Crippen molar-refractivity contribution in [2.75, 3.05) is 13.2 Å². The Morgan fingerprint density at radius 3 is 1.51 bits per heavy atom. The molecule has 0 aromatic carbocycles. The number of hydrogen-bond acceptors (Lipinski definition) is 8. The average Bonchev–Trinajstić information content (AvgIpc) is 3.26. The van der Waals surface area contributed by atoms with Gasteiger partial charge in [0.05, 0.1) is 25.4 Å². The summed E-state index contributed by atoms with van der Waals surface area (Å²) in [5, 5.41) is 53.7. The summed E-state index contributed by atoms with van der Waals surface area (Å²) in [5.41, 5.74) is 0. The molecule has 7 atom stereocenters. The first-order chi connectivity index (χ1) is 29.8. The summed E-state index contributed by atoms with van der Waals surface area (Å²) in [4.78, 5) is 12.9. The third-order valence-electron chi connectivity index (χ3n) is 11.3. The van der Waals surface area contributed by atoms with Crippen molar-refractivity contribution >= 4 is 5.91 Å². The molecule has 0 aliphatic carbocycles. The lowest BCUT2D eigenvalue weighted by Gasteiger charge is -2.40. The van der Waals surface area contributed by atoms with Crippen molar-refractivity contribution in [1.29, 1.82) is 0 Å². The molecule has 1 heterocycles. The van der Waals surface area contributed by atoms with E-state index in [1.807, 2.05) is 6.08 Å². The number of amides is 1. The summed E-state index contributed by atoms with van der Waals surface area (Å²) >= 11 is 0. The Bertz CT molecular complexity index is 1180. The fourth-order valence-corrected chi connectivity index (χ4v) is 7.36. The van der Waals surface area contributed by atoms with Crippen LogP contribution in [0.5, 0.6) is 0 Å². The van der Waals surface area contributed by atoms with Gasteiger partial charge in [0.2, 0.25) is 5.91 Å². The molecule has 1 saturated heterocycles. The SMILES string of the molecule is CC/C=C\C/C=C\C/C=C\C/C=C\C/C=C\CCCCCCCCCCCCCCCCCCCC(=O)NC(COC1OC(CO)C(O)C(O)C1O)C(O)/C=C/CCCCC. The molecule has 0 bridgehead atoms. The van der Waals surface area contributed by atoms with Crippen LogP contribution in [-0.4, -0.2) is 87.5 Å². The molecule has 1 fully saturated rings. The Morgan fingerprint density at radius 2 is 1.02 bits per heavy atom.